The van der Waals surface area contributed by atoms with Crippen molar-refractivity contribution in [2.45, 2.75) is 33.7 Å². The lowest BCUT2D eigenvalue weighted by atomic mass is 9.94. The number of Topliss-reactive ketones (excluding diaryl/α,β-unsaturated/α-hetero) is 1. The maximum Gasteiger partial charge on any atom is 0.300 e. The van der Waals surface area contributed by atoms with Crippen molar-refractivity contribution in [3.63, 3.8) is 0 Å². The molecule has 1 aliphatic rings. The van der Waals surface area contributed by atoms with E-state index in [4.69, 9.17) is 9.47 Å². The van der Waals surface area contributed by atoms with Gasteiger partial charge in [-0.15, -0.1) is 0 Å². The third-order valence-corrected chi connectivity index (χ3v) is 6.02. The highest BCUT2D eigenvalue weighted by atomic mass is 16.5. The van der Waals surface area contributed by atoms with Gasteiger partial charge in [-0.2, -0.15) is 0 Å². The second-order valence-corrected chi connectivity index (χ2v) is 9.19. The van der Waals surface area contributed by atoms with Crippen molar-refractivity contribution in [3.05, 3.63) is 95.1 Å². The SMILES string of the molecule is CCOc1cccc(C2/C(=C(/O)c3ccc(OCC(C)C)cc3)C(=O)C(=O)N2c2ccccc2C)c1. The smallest absolute Gasteiger partial charge is 0.300 e. The van der Waals surface area contributed by atoms with Gasteiger partial charge in [0.05, 0.1) is 24.8 Å². The van der Waals surface area contributed by atoms with E-state index in [1.54, 1.807) is 36.4 Å². The van der Waals surface area contributed by atoms with Gasteiger partial charge in [-0.25, -0.2) is 0 Å². The fourth-order valence-electron chi connectivity index (χ4n) is 4.30. The fourth-order valence-corrected chi connectivity index (χ4v) is 4.30. The largest absolute Gasteiger partial charge is 0.507 e. The molecule has 0 saturated carbocycles. The number of carbonyl (C=O) groups excluding carboxylic acids is 2. The third kappa shape index (κ3) is 4.98. The normalized spacial score (nSPS) is 17.0. The monoisotopic (exact) mass is 485 g/mol. The number of ketones is 1. The number of nitrogens with zero attached hydrogens (tertiary/aromatic N) is 1. The van der Waals surface area contributed by atoms with Crippen molar-refractivity contribution in [2.24, 2.45) is 5.92 Å². The number of anilines is 1. The lowest BCUT2D eigenvalue weighted by Crippen LogP contribution is -2.30. The number of ether oxygens (including phenoxy) is 2. The number of hydrogen-bond donors (Lipinski definition) is 1. The van der Waals surface area contributed by atoms with Crippen LogP contribution in [0.4, 0.5) is 5.69 Å². The molecule has 4 rings (SSSR count). The fraction of sp³-hybridized carbons (Fsp3) is 0.267. The Kier molecular flexibility index (Phi) is 7.44. The van der Waals surface area contributed by atoms with Crippen molar-refractivity contribution < 1.29 is 24.2 Å². The summed E-state index contributed by atoms with van der Waals surface area (Å²) in [6.45, 7) is 8.96. The van der Waals surface area contributed by atoms with Gasteiger partial charge in [-0.05, 0) is 73.4 Å². The maximum absolute atomic E-state index is 13.4. The summed E-state index contributed by atoms with van der Waals surface area (Å²) < 4.78 is 11.4. The zero-order valence-electron chi connectivity index (χ0n) is 21.0. The van der Waals surface area contributed by atoms with E-state index >= 15 is 0 Å². The first-order valence-corrected chi connectivity index (χ1v) is 12.1. The second kappa shape index (κ2) is 10.7. The molecule has 0 aromatic heterocycles. The van der Waals surface area contributed by atoms with Gasteiger partial charge in [0, 0.05) is 11.3 Å². The minimum absolute atomic E-state index is 0.0350. The molecule has 0 bridgehead atoms. The standard InChI is InChI=1S/C30H31NO5/c1-5-35-24-11-8-10-22(17-24)27-26(28(32)21-13-15-23(16-14-21)36-18-19(2)3)29(33)30(34)31(27)25-12-7-6-9-20(25)4/h6-17,19,27,32H,5,18H2,1-4H3/b28-26-. The minimum Gasteiger partial charge on any atom is -0.507 e. The predicted molar refractivity (Wildman–Crippen MR) is 140 cm³/mol. The van der Waals surface area contributed by atoms with E-state index in [1.165, 1.54) is 4.90 Å². The first-order chi connectivity index (χ1) is 17.3. The summed E-state index contributed by atoms with van der Waals surface area (Å²) in [4.78, 5) is 28.2. The van der Waals surface area contributed by atoms with Crippen molar-refractivity contribution in [1.82, 2.24) is 0 Å². The van der Waals surface area contributed by atoms with Crippen LogP contribution in [0.25, 0.3) is 5.76 Å². The lowest BCUT2D eigenvalue weighted by Gasteiger charge is -2.27. The van der Waals surface area contributed by atoms with Crippen molar-refractivity contribution >= 4 is 23.1 Å². The molecule has 1 unspecified atom stereocenters. The van der Waals surface area contributed by atoms with E-state index in [-0.39, 0.29) is 11.3 Å². The van der Waals surface area contributed by atoms with Gasteiger partial charge in [0.2, 0.25) is 0 Å². The van der Waals surface area contributed by atoms with Crippen LogP contribution in [-0.4, -0.2) is 30.0 Å². The van der Waals surface area contributed by atoms with Crippen LogP contribution >= 0.6 is 0 Å². The highest BCUT2D eigenvalue weighted by Crippen LogP contribution is 2.43. The topological polar surface area (TPSA) is 76.1 Å². The third-order valence-electron chi connectivity index (χ3n) is 6.02. The molecule has 6 nitrogen and oxygen atoms in total. The molecule has 1 amide bonds. The molecule has 1 heterocycles. The molecular formula is C30H31NO5. The number of rotatable bonds is 8. The average Bonchev–Trinajstić information content (AvgIpc) is 3.13. The van der Waals surface area contributed by atoms with Gasteiger partial charge in [0.15, 0.2) is 0 Å². The number of aliphatic hydroxyl groups is 1. The first kappa shape index (κ1) is 25.0. The van der Waals surface area contributed by atoms with Gasteiger partial charge in [-0.1, -0.05) is 44.2 Å². The highest BCUT2D eigenvalue weighted by molar-refractivity contribution is 6.51. The Morgan fingerprint density at radius 3 is 2.33 bits per heavy atom. The van der Waals surface area contributed by atoms with Crippen LogP contribution in [0.2, 0.25) is 0 Å². The number of amides is 1. The molecule has 0 radical (unpaired) electrons. The highest BCUT2D eigenvalue weighted by Gasteiger charge is 2.47. The molecule has 0 aliphatic carbocycles. The van der Waals surface area contributed by atoms with Crippen molar-refractivity contribution in [2.75, 3.05) is 18.1 Å². The summed E-state index contributed by atoms with van der Waals surface area (Å²) in [5.41, 5.74) is 2.59. The molecule has 3 aromatic rings. The van der Waals surface area contributed by atoms with Gasteiger partial charge in [0.1, 0.15) is 17.3 Å². The van der Waals surface area contributed by atoms with Crippen LogP contribution in [-0.2, 0) is 9.59 Å². The molecule has 1 aliphatic heterocycles. The zero-order chi connectivity index (χ0) is 25.8. The zero-order valence-corrected chi connectivity index (χ0v) is 21.0. The summed E-state index contributed by atoms with van der Waals surface area (Å²) >= 11 is 0. The first-order valence-electron chi connectivity index (χ1n) is 12.1. The molecule has 186 valence electrons. The molecular weight excluding hydrogens is 454 g/mol. The molecule has 0 spiro atoms. The van der Waals surface area contributed by atoms with Crippen molar-refractivity contribution in [3.8, 4) is 11.5 Å². The number of para-hydroxylation sites is 1. The van der Waals surface area contributed by atoms with E-state index in [0.29, 0.717) is 47.4 Å². The van der Waals surface area contributed by atoms with E-state index in [1.807, 2.05) is 50.2 Å². The summed E-state index contributed by atoms with van der Waals surface area (Å²) in [6.07, 6.45) is 0. The molecule has 36 heavy (non-hydrogen) atoms. The second-order valence-electron chi connectivity index (χ2n) is 9.19. The molecule has 1 N–H and O–H groups in total. The van der Waals surface area contributed by atoms with Crippen LogP contribution in [0.3, 0.4) is 0 Å². The summed E-state index contributed by atoms with van der Waals surface area (Å²) in [6, 6.07) is 20.7. The molecule has 1 atom stereocenters. The molecule has 6 heteroatoms. The minimum atomic E-state index is -0.816. The van der Waals surface area contributed by atoms with E-state index < -0.39 is 17.7 Å². The molecule has 1 saturated heterocycles. The number of carbonyl (C=O) groups is 2. The quantitative estimate of drug-likeness (QED) is 0.239. The maximum atomic E-state index is 13.4. The Morgan fingerprint density at radius 2 is 1.67 bits per heavy atom. The Balaban J connectivity index is 1.84. The van der Waals surface area contributed by atoms with Crippen LogP contribution < -0.4 is 14.4 Å². The van der Waals surface area contributed by atoms with Gasteiger partial charge in [-0.3, -0.25) is 14.5 Å². The van der Waals surface area contributed by atoms with Crippen molar-refractivity contribution in [1.29, 1.82) is 0 Å². The van der Waals surface area contributed by atoms with E-state index in [2.05, 4.69) is 13.8 Å². The summed E-state index contributed by atoms with van der Waals surface area (Å²) in [5, 5.41) is 11.4. The Bertz CT molecular complexity index is 1290. The Labute approximate surface area is 211 Å². The lowest BCUT2D eigenvalue weighted by molar-refractivity contribution is -0.132. The number of benzene rings is 3. The van der Waals surface area contributed by atoms with Gasteiger partial charge < -0.3 is 14.6 Å². The van der Waals surface area contributed by atoms with E-state index in [0.717, 1.165) is 5.56 Å². The Morgan fingerprint density at radius 1 is 0.944 bits per heavy atom. The summed E-state index contributed by atoms with van der Waals surface area (Å²) in [5.74, 6) is 0.0189. The summed E-state index contributed by atoms with van der Waals surface area (Å²) in [7, 11) is 0. The molecule has 3 aromatic carbocycles. The van der Waals surface area contributed by atoms with E-state index in [9.17, 15) is 14.7 Å². The molecule has 1 fully saturated rings. The van der Waals surface area contributed by atoms with Crippen LogP contribution in [0.5, 0.6) is 11.5 Å². The van der Waals surface area contributed by atoms with Gasteiger partial charge in [0.25, 0.3) is 11.7 Å². The number of aliphatic hydroxyl groups excluding tert-OH is 1. The van der Waals surface area contributed by atoms with Crippen LogP contribution in [0.15, 0.2) is 78.4 Å². The Hall–Kier alpha value is -4.06. The van der Waals surface area contributed by atoms with Gasteiger partial charge >= 0.3 is 0 Å². The predicted octanol–water partition coefficient (Wildman–Crippen LogP) is 6.05. The average molecular weight is 486 g/mol. The number of hydrogen-bond acceptors (Lipinski definition) is 5. The van der Waals surface area contributed by atoms with Crippen LogP contribution in [0.1, 0.15) is 43.5 Å². The van der Waals surface area contributed by atoms with Crippen LogP contribution in [0, 0.1) is 12.8 Å². The number of aryl methyl sites for hydroxylation is 1.